The number of hydrogen-bond donors (Lipinski definition) is 0. The number of benzene rings is 1. The Morgan fingerprint density at radius 3 is 2.70 bits per heavy atom. The van der Waals surface area contributed by atoms with Crippen molar-refractivity contribution < 1.29 is 9.72 Å². The number of non-ortho nitro benzene ring substituents is 1. The first-order chi connectivity index (χ1) is 11.1. The fourth-order valence-electron chi connectivity index (χ4n) is 2.12. The highest BCUT2D eigenvalue weighted by Crippen LogP contribution is 2.27. The number of carbonyl (C=O) groups excluding carboxylic acids is 1. The molecule has 1 heterocycles. The summed E-state index contributed by atoms with van der Waals surface area (Å²) in [4.78, 5) is 27.0. The maximum absolute atomic E-state index is 12.8. The molecule has 0 spiro atoms. The van der Waals surface area contributed by atoms with Crippen molar-refractivity contribution in [1.29, 1.82) is 0 Å². The Hall–Kier alpha value is -2.83. The molecule has 0 bridgehead atoms. The van der Waals surface area contributed by atoms with Gasteiger partial charge in [0.2, 0.25) is 5.78 Å². The second-order valence-corrected chi connectivity index (χ2v) is 4.72. The van der Waals surface area contributed by atoms with Gasteiger partial charge >= 0.3 is 0 Å². The number of nitrogens with zero attached hydrogens (tertiary/aromatic N) is 4. The summed E-state index contributed by atoms with van der Waals surface area (Å²) >= 11 is 0. The van der Waals surface area contributed by atoms with Gasteiger partial charge in [-0.2, -0.15) is 5.10 Å². The molecule has 0 atom stereocenters. The molecule has 0 amide bonds. The zero-order valence-corrected chi connectivity index (χ0v) is 11.9. The number of ketones is 1. The van der Waals surface area contributed by atoms with Crippen molar-refractivity contribution in [3.8, 4) is 0 Å². The van der Waals surface area contributed by atoms with Gasteiger partial charge < -0.3 is 0 Å². The summed E-state index contributed by atoms with van der Waals surface area (Å²) in [5.41, 5.74) is 0.337. The van der Waals surface area contributed by atoms with Crippen LogP contribution in [-0.4, -0.2) is 25.5 Å². The Kier molecular flexibility index (Phi) is 4.27. The van der Waals surface area contributed by atoms with Gasteiger partial charge in [0.15, 0.2) is 0 Å². The molecule has 113 valence electrons. The molecule has 1 aliphatic rings. The molecule has 1 aromatic carbocycles. The lowest BCUT2D eigenvalue weighted by Crippen LogP contribution is -2.11. The number of carbonyl (C=O) groups is 1. The molecule has 1 aliphatic carbocycles. The zero-order chi connectivity index (χ0) is 16.2. The molecular formula is C16H11N4O3. The van der Waals surface area contributed by atoms with Gasteiger partial charge in [-0.1, -0.05) is 12.1 Å². The minimum absolute atomic E-state index is 0.137. The fourth-order valence-corrected chi connectivity index (χ4v) is 2.12. The number of aromatic nitrogens is 3. The first-order valence-corrected chi connectivity index (χ1v) is 6.73. The fraction of sp³-hybridized carbons (Fsp3) is 0. The van der Waals surface area contributed by atoms with Crippen LogP contribution in [-0.2, 0) is 0 Å². The van der Waals surface area contributed by atoms with Crippen LogP contribution in [0.4, 0.5) is 5.69 Å². The van der Waals surface area contributed by atoms with Crippen LogP contribution >= 0.6 is 0 Å². The molecule has 1 saturated carbocycles. The number of nitro groups is 1. The third-order valence-electron chi connectivity index (χ3n) is 3.21. The van der Waals surface area contributed by atoms with E-state index in [1.165, 1.54) is 41.6 Å². The SMILES string of the molecule is O=C(/C(=C/[C]1[CH][CH][CH][CH]1)n1cncn1)c1cccc([N+](=O)[O-])c1. The number of nitro benzene ring substituents is 1. The topological polar surface area (TPSA) is 90.9 Å². The molecule has 5 radical (unpaired) electrons. The molecule has 0 unspecified atom stereocenters. The third-order valence-corrected chi connectivity index (χ3v) is 3.21. The molecule has 23 heavy (non-hydrogen) atoms. The van der Waals surface area contributed by atoms with Crippen LogP contribution in [0.3, 0.4) is 0 Å². The highest BCUT2D eigenvalue weighted by atomic mass is 16.6. The minimum atomic E-state index is -0.535. The van der Waals surface area contributed by atoms with E-state index in [-0.39, 0.29) is 22.7 Å². The van der Waals surface area contributed by atoms with Crippen molar-refractivity contribution in [2.45, 2.75) is 0 Å². The molecule has 3 rings (SSSR count). The summed E-state index contributed by atoms with van der Waals surface area (Å²) in [6.45, 7) is 0. The molecule has 7 nitrogen and oxygen atoms in total. The lowest BCUT2D eigenvalue weighted by molar-refractivity contribution is -0.384. The summed E-state index contributed by atoms with van der Waals surface area (Å²) in [6.07, 6.45) is 11.8. The Morgan fingerprint density at radius 1 is 1.26 bits per heavy atom. The lowest BCUT2D eigenvalue weighted by Gasteiger charge is -2.09. The van der Waals surface area contributed by atoms with Crippen LogP contribution in [0.15, 0.2) is 43.0 Å². The Morgan fingerprint density at radius 2 is 2.04 bits per heavy atom. The molecule has 0 N–H and O–H groups in total. The van der Waals surface area contributed by atoms with E-state index < -0.39 is 4.92 Å². The third kappa shape index (κ3) is 3.33. The average Bonchev–Trinajstić information content (AvgIpc) is 3.25. The van der Waals surface area contributed by atoms with Crippen LogP contribution in [0.2, 0.25) is 0 Å². The first kappa shape index (κ1) is 15.1. The van der Waals surface area contributed by atoms with Gasteiger partial charge in [0.05, 0.1) is 4.92 Å². The Labute approximate surface area is 132 Å². The summed E-state index contributed by atoms with van der Waals surface area (Å²) in [5, 5.41) is 14.9. The monoisotopic (exact) mass is 307 g/mol. The molecule has 1 aromatic heterocycles. The van der Waals surface area contributed by atoms with Crippen molar-refractivity contribution in [2.24, 2.45) is 0 Å². The lowest BCUT2D eigenvalue weighted by atomic mass is 10.0. The predicted octanol–water partition coefficient (Wildman–Crippen LogP) is 2.32. The van der Waals surface area contributed by atoms with Crippen LogP contribution in [0.25, 0.3) is 5.70 Å². The second kappa shape index (κ2) is 6.51. The molecular weight excluding hydrogens is 296 g/mol. The van der Waals surface area contributed by atoms with E-state index in [0.29, 0.717) is 0 Å². The molecule has 0 saturated heterocycles. The van der Waals surface area contributed by atoms with E-state index in [9.17, 15) is 14.9 Å². The minimum Gasteiger partial charge on any atom is -0.287 e. The van der Waals surface area contributed by atoms with Gasteiger partial charge in [-0.15, -0.1) is 0 Å². The van der Waals surface area contributed by atoms with Gasteiger partial charge in [-0.05, 0) is 31.8 Å². The molecule has 7 heteroatoms. The number of allylic oxidation sites excluding steroid dienone is 2. The Balaban J connectivity index is 1.97. The largest absolute Gasteiger partial charge is 0.287 e. The highest BCUT2D eigenvalue weighted by molar-refractivity contribution is 6.24. The van der Waals surface area contributed by atoms with E-state index >= 15 is 0 Å². The van der Waals surface area contributed by atoms with Crippen molar-refractivity contribution in [3.05, 3.63) is 90.3 Å². The van der Waals surface area contributed by atoms with Crippen LogP contribution in [0, 0.1) is 41.7 Å². The Bertz CT molecular complexity index is 746. The van der Waals surface area contributed by atoms with Crippen molar-refractivity contribution in [2.75, 3.05) is 0 Å². The summed E-state index contributed by atoms with van der Waals surface area (Å²) in [5.74, 6) is 0.453. The van der Waals surface area contributed by atoms with E-state index in [0.717, 1.165) is 5.92 Å². The molecule has 0 aliphatic heterocycles. The van der Waals surface area contributed by atoms with Crippen LogP contribution in [0.5, 0.6) is 0 Å². The number of hydrogen-bond acceptors (Lipinski definition) is 5. The van der Waals surface area contributed by atoms with Gasteiger partial charge in [-0.25, -0.2) is 9.67 Å². The molecule has 1 fully saturated rings. The maximum atomic E-state index is 12.8. The van der Waals surface area contributed by atoms with Crippen molar-refractivity contribution in [1.82, 2.24) is 14.8 Å². The smallest absolute Gasteiger partial charge is 0.270 e. The number of Topliss-reactive ketones (excluding diaryl/α,β-unsaturated/α-hetero) is 1. The second-order valence-electron chi connectivity index (χ2n) is 4.72. The van der Waals surface area contributed by atoms with Crippen LogP contribution in [0.1, 0.15) is 10.4 Å². The quantitative estimate of drug-likeness (QED) is 0.366. The van der Waals surface area contributed by atoms with Crippen LogP contribution < -0.4 is 0 Å². The van der Waals surface area contributed by atoms with E-state index in [4.69, 9.17) is 0 Å². The highest BCUT2D eigenvalue weighted by Gasteiger charge is 2.22. The maximum Gasteiger partial charge on any atom is 0.270 e. The van der Waals surface area contributed by atoms with Gasteiger partial charge in [0.1, 0.15) is 18.4 Å². The van der Waals surface area contributed by atoms with Crippen molar-refractivity contribution in [3.63, 3.8) is 0 Å². The molecule has 2 aromatic rings. The predicted molar refractivity (Wildman–Crippen MR) is 82.2 cm³/mol. The van der Waals surface area contributed by atoms with Gasteiger partial charge in [0.25, 0.3) is 5.69 Å². The first-order valence-electron chi connectivity index (χ1n) is 6.73. The summed E-state index contributed by atoms with van der Waals surface area (Å²) < 4.78 is 1.34. The van der Waals surface area contributed by atoms with E-state index in [1.54, 1.807) is 6.08 Å². The van der Waals surface area contributed by atoms with E-state index in [2.05, 4.69) is 10.1 Å². The average molecular weight is 307 g/mol. The summed E-state index contributed by atoms with van der Waals surface area (Å²) in [7, 11) is 0. The standard InChI is InChI=1S/C16H11N4O3/c21-16(13-6-3-7-14(9-13)20(22)23)15(19-11-17-10-18-19)8-12-4-1-2-5-12/h1-11H/b15-8-. The van der Waals surface area contributed by atoms with Gasteiger partial charge in [0, 0.05) is 23.6 Å². The van der Waals surface area contributed by atoms with Gasteiger partial charge in [-0.3, -0.25) is 14.9 Å². The number of rotatable bonds is 5. The summed E-state index contributed by atoms with van der Waals surface area (Å²) in [6, 6.07) is 5.60. The van der Waals surface area contributed by atoms with Crippen molar-refractivity contribution >= 4 is 17.2 Å². The zero-order valence-electron chi connectivity index (χ0n) is 11.9. The van der Waals surface area contributed by atoms with E-state index in [1.807, 2.05) is 25.7 Å². The normalized spacial score (nSPS) is 15.7.